The Morgan fingerprint density at radius 2 is 2.00 bits per heavy atom. The van der Waals surface area contributed by atoms with Crippen LogP contribution in [0.4, 0.5) is 0 Å². The van der Waals surface area contributed by atoms with Gasteiger partial charge in [0.15, 0.2) is 6.10 Å². The number of ether oxygens (including phenoxy) is 1. The van der Waals surface area contributed by atoms with E-state index >= 15 is 0 Å². The second-order valence-electron chi connectivity index (χ2n) is 5.13. The van der Waals surface area contributed by atoms with E-state index in [1.807, 2.05) is 24.3 Å². The molecular formula is C17H16ClN3O2. The van der Waals surface area contributed by atoms with Crippen LogP contribution in [0, 0.1) is 0 Å². The highest BCUT2D eigenvalue weighted by Gasteiger charge is 2.15. The highest BCUT2D eigenvalue weighted by molar-refractivity contribution is 6.30. The average Bonchev–Trinajstić information content (AvgIpc) is 2.97. The highest BCUT2D eigenvalue weighted by atomic mass is 35.5. The number of nitrogens with zero attached hydrogens (tertiary/aromatic N) is 1. The van der Waals surface area contributed by atoms with Crippen molar-refractivity contribution in [1.29, 1.82) is 0 Å². The summed E-state index contributed by atoms with van der Waals surface area (Å²) in [6.45, 7) is 2.02. The van der Waals surface area contributed by atoms with Gasteiger partial charge in [0.25, 0.3) is 5.91 Å². The molecule has 1 atom stereocenters. The van der Waals surface area contributed by atoms with Crippen molar-refractivity contribution in [2.75, 3.05) is 0 Å². The molecule has 0 unspecified atom stereocenters. The lowest BCUT2D eigenvalue weighted by molar-refractivity contribution is -0.127. The first-order valence-electron chi connectivity index (χ1n) is 7.25. The number of amides is 1. The molecule has 0 saturated heterocycles. The number of imidazole rings is 1. The lowest BCUT2D eigenvalue weighted by Gasteiger charge is -2.14. The number of fused-ring (bicyclic) bond motifs is 1. The van der Waals surface area contributed by atoms with E-state index in [4.69, 9.17) is 16.3 Å². The molecule has 1 aromatic heterocycles. The van der Waals surface area contributed by atoms with Crippen molar-refractivity contribution in [3.63, 3.8) is 0 Å². The first-order valence-corrected chi connectivity index (χ1v) is 7.63. The van der Waals surface area contributed by atoms with Crippen molar-refractivity contribution < 1.29 is 9.53 Å². The van der Waals surface area contributed by atoms with Crippen LogP contribution < -0.4 is 10.1 Å². The number of para-hydroxylation sites is 2. The summed E-state index contributed by atoms with van der Waals surface area (Å²) in [6.07, 6.45) is -0.611. The maximum absolute atomic E-state index is 12.1. The number of benzene rings is 2. The van der Waals surface area contributed by atoms with Gasteiger partial charge in [0, 0.05) is 5.02 Å². The molecule has 1 heterocycles. The van der Waals surface area contributed by atoms with Gasteiger partial charge in [0.05, 0.1) is 17.6 Å². The highest BCUT2D eigenvalue weighted by Crippen LogP contribution is 2.17. The predicted octanol–water partition coefficient (Wildman–Crippen LogP) is 3.30. The number of carbonyl (C=O) groups excluding carboxylic acids is 1. The molecule has 5 nitrogen and oxygen atoms in total. The van der Waals surface area contributed by atoms with Crippen LogP contribution in [-0.2, 0) is 11.3 Å². The maximum atomic E-state index is 12.1. The van der Waals surface area contributed by atoms with Crippen LogP contribution in [0.3, 0.4) is 0 Å². The van der Waals surface area contributed by atoms with Crippen molar-refractivity contribution in [1.82, 2.24) is 15.3 Å². The number of rotatable bonds is 5. The zero-order valence-electron chi connectivity index (χ0n) is 12.5. The summed E-state index contributed by atoms with van der Waals surface area (Å²) in [5, 5.41) is 3.43. The number of H-pyrrole nitrogens is 1. The third kappa shape index (κ3) is 3.81. The number of halogens is 1. The van der Waals surface area contributed by atoms with Crippen molar-refractivity contribution in [2.45, 2.75) is 19.6 Å². The van der Waals surface area contributed by atoms with Gasteiger partial charge in [-0.2, -0.15) is 0 Å². The van der Waals surface area contributed by atoms with Gasteiger partial charge < -0.3 is 15.0 Å². The minimum atomic E-state index is -0.611. The molecule has 3 aromatic rings. The van der Waals surface area contributed by atoms with Crippen molar-refractivity contribution in [2.24, 2.45) is 0 Å². The monoisotopic (exact) mass is 329 g/mol. The van der Waals surface area contributed by atoms with E-state index in [2.05, 4.69) is 15.3 Å². The molecule has 0 saturated carbocycles. The molecule has 0 bridgehead atoms. The standard InChI is InChI=1S/C17H16ClN3O2/c1-11(23-13-8-6-12(18)7-9-13)17(22)19-10-16-20-14-4-2-3-5-15(14)21-16/h2-9,11H,10H2,1H3,(H,19,22)(H,20,21)/t11-/m1/s1. The van der Waals surface area contributed by atoms with E-state index in [0.29, 0.717) is 23.1 Å². The largest absolute Gasteiger partial charge is 0.481 e. The van der Waals surface area contributed by atoms with Crippen LogP contribution in [0.2, 0.25) is 5.02 Å². The summed E-state index contributed by atoms with van der Waals surface area (Å²) in [5.41, 5.74) is 1.82. The molecule has 3 rings (SSSR count). The van der Waals surface area contributed by atoms with Gasteiger partial charge >= 0.3 is 0 Å². The topological polar surface area (TPSA) is 67.0 Å². The van der Waals surface area contributed by atoms with E-state index in [1.165, 1.54) is 0 Å². The molecule has 23 heavy (non-hydrogen) atoms. The lowest BCUT2D eigenvalue weighted by Crippen LogP contribution is -2.36. The Morgan fingerprint density at radius 1 is 1.26 bits per heavy atom. The molecule has 118 valence electrons. The first kappa shape index (κ1) is 15.4. The summed E-state index contributed by atoms with van der Waals surface area (Å²) < 4.78 is 5.58. The SMILES string of the molecule is C[C@@H](Oc1ccc(Cl)cc1)C(=O)NCc1nc2ccccc2[nH]1. The van der Waals surface area contributed by atoms with Gasteiger partial charge in [-0.15, -0.1) is 0 Å². The van der Waals surface area contributed by atoms with Crippen LogP contribution in [0.5, 0.6) is 5.75 Å². The number of aromatic amines is 1. The fourth-order valence-electron chi connectivity index (χ4n) is 2.17. The van der Waals surface area contributed by atoms with Crippen LogP contribution in [0.1, 0.15) is 12.7 Å². The summed E-state index contributed by atoms with van der Waals surface area (Å²) in [5.74, 6) is 1.10. The Bertz CT molecular complexity index is 781. The number of hydrogen-bond donors (Lipinski definition) is 2. The van der Waals surface area contributed by atoms with E-state index in [-0.39, 0.29) is 5.91 Å². The molecule has 0 radical (unpaired) electrons. The fraction of sp³-hybridized carbons (Fsp3) is 0.176. The summed E-state index contributed by atoms with van der Waals surface area (Å²) >= 11 is 5.82. The molecule has 6 heteroatoms. The van der Waals surface area contributed by atoms with Gasteiger partial charge in [-0.25, -0.2) is 4.98 Å². The Kier molecular flexibility index (Phi) is 4.48. The Hall–Kier alpha value is -2.53. The third-order valence-electron chi connectivity index (χ3n) is 3.36. The zero-order valence-corrected chi connectivity index (χ0v) is 13.3. The van der Waals surface area contributed by atoms with Crippen LogP contribution in [-0.4, -0.2) is 22.0 Å². The van der Waals surface area contributed by atoms with E-state index in [1.54, 1.807) is 31.2 Å². The maximum Gasteiger partial charge on any atom is 0.261 e. The van der Waals surface area contributed by atoms with E-state index < -0.39 is 6.10 Å². The summed E-state index contributed by atoms with van der Waals surface area (Å²) in [7, 11) is 0. The minimum absolute atomic E-state index is 0.208. The fourth-order valence-corrected chi connectivity index (χ4v) is 2.30. The molecule has 0 spiro atoms. The van der Waals surface area contributed by atoms with Crippen LogP contribution in [0.15, 0.2) is 48.5 Å². The predicted molar refractivity (Wildman–Crippen MR) is 89.5 cm³/mol. The summed E-state index contributed by atoms with van der Waals surface area (Å²) in [6, 6.07) is 14.6. The number of hydrogen-bond acceptors (Lipinski definition) is 3. The average molecular weight is 330 g/mol. The van der Waals surface area contributed by atoms with Gasteiger partial charge in [-0.1, -0.05) is 23.7 Å². The molecule has 1 amide bonds. The molecule has 0 fully saturated rings. The molecule has 2 aromatic carbocycles. The van der Waals surface area contributed by atoms with E-state index in [0.717, 1.165) is 11.0 Å². The molecule has 0 aliphatic carbocycles. The molecule has 2 N–H and O–H groups in total. The number of carbonyl (C=O) groups is 1. The van der Waals surface area contributed by atoms with Gasteiger partial charge in [-0.3, -0.25) is 4.79 Å². The van der Waals surface area contributed by atoms with Gasteiger partial charge in [-0.05, 0) is 43.3 Å². The van der Waals surface area contributed by atoms with Crippen molar-refractivity contribution in [3.8, 4) is 5.75 Å². The second kappa shape index (κ2) is 6.71. The minimum Gasteiger partial charge on any atom is -0.481 e. The Morgan fingerprint density at radius 3 is 2.74 bits per heavy atom. The zero-order chi connectivity index (χ0) is 16.2. The molecule has 0 aliphatic rings. The normalized spacial score (nSPS) is 12.1. The van der Waals surface area contributed by atoms with Crippen molar-refractivity contribution in [3.05, 3.63) is 59.4 Å². The Balaban J connectivity index is 1.56. The third-order valence-corrected chi connectivity index (χ3v) is 3.62. The van der Waals surface area contributed by atoms with Gasteiger partial charge in [0.1, 0.15) is 11.6 Å². The number of aromatic nitrogens is 2. The Labute approximate surface area is 138 Å². The quantitative estimate of drug-likeness (QED) is 0.754. The lowest BCUT2D eigenvalue weighted by atomic mass is 10.3. The first-order chi connectivity index (χ1) is 11.1. The molecular weight excluding hydrogens is 314 g/mol. The second-order valence-corrected chi connectivity index (χ2v) is 5.57. The van der Waals surface area contributed by atoms with Gasteiger partial charge in [0.2, 0.25) is 0 Å². The van der Waals surface area contributed by atoms with Crippen LogP contribution >= 0.6 is 11.6 Å². The smallest absolute Gasteiger partial charge is 0.261 e. The summed E-state index contributed by atoms with van der Waals surface area (Å²) in [4.78, 5) is 19.7. The number of nitrogens with one attached hydrogen (secondary N) is 2. The molecule has 0 aliphatic heterocycles. The van der Waals surface area contributed by atoms with Crippen LogP contribution in [0.25, 0.3) is 11.0 Å². The van der Waals surface area contributed by atoms with E-state index in [9.17, 15) is 4.79 Å². The van der Waals surface area contributed by atoms with Crippen molar-refractivity contribution >= 4 is 28.5 Å².